The maximum absolute atomic E-state index is 5.12. The average molecular weight is 273 g/mol. The number of piperidine rings is 1. The minimum atomic E-state index is 0.512. The third-order valence-electron chi connectivity index (χ3n) is 3.51. The van der Waals surface area contributed by atoms with E-state index >= 15 is 0 Å². The minimum absolute atomic E-state index is 0.512. The van der Waals surface area contributed by atoms with Crippen LogP contribution in [0.1, 0.15) is 18.7 Å². The van der Waals surface area contributed by atoms with Crippen molar-refractivity contribution in [1.29, 1.82) is 0 Å². The van der Waals surface area contributed by atoms with Gasteiger partial charge in [-0.2, -0.15) is 4.98 Å². The molecule has 0 aromatic carbocycles. The van der Waals surface area contributed by atoms with Crippen molar-refractivity contribution in [2.45, 2.75) is 19.8 Å². The van der Waals surface area contributed by atoms with Gasteiger partial charge in [0.15, 0.2) is 5.82 Å². The summed E-state index contributed by atoms with van der Waals surface area (Å²) in [5.41, 5.74) is 0.843. The molecule has 1 unspecified atom stereocenters. The number of hydrogen-bond acceptors (Lipinski definition) is 6. The van der Waals surface area contributed by atoms with E-state index in [1.54, 1.807) is 13.1 Å². The summed E-state index contributed by atoms with van der Waals surface area (Å²) in [4.78, 5) is 8.57. The van der Waals surface area contributed by atoms with E-state index < -0.39 is 0 Å². The zero-order chi connectivity index (χ0) is 13.8. The largest absolute Gasteiger partial charge is 0.370 e. The predicted molar refractivity (Wildman–Crippen MR) is 76.3 cm³/mol. The van der Waals surface area contributed by atoms with Crippen LogP contribution in [0, 0.1) is 12.8 Å². The molecular weight excluding hydrogens is 254 g/mol. The lowest BCUT2D eigenvalue weighted by molar-refractivity contribution is 0.392. The van der Waals surface area contributed by atoms with Crippen molar-refractivity contribution < 1.29 is 4.52 Å². The Hall–Kier alpha value is -1.95. The summed E-state index contributed by atoms with van der Waals surface area (Å²) in [6.07, 6.45) is 4.29. The number of rotatable bonds is 4. The van der Waals surface area contributed by atoms with Crippen LogP contribution in [0.25, 0.3) is 11.5 Å². The van der Waals surface area contributed by atoms with Crippen LogP contribution >= 0.6 is 0 Å². The van der Waals surface area contributed by atoms with Gasteiger partial charge in [-0.3, -0.25) is 0 Å². The molecule has 6 heteroatoms. The van der Waals surface area contributed by atoms with Gasteiger partial charge in [0.1, 0.15) is 5.82 Å². The molecule has 2 N–H and O–H groups in total. The van der Waals surface area contributed by atoms with Gasteiger partial charge in [0.2, 0.25) is 0 Å². The highest BCUT2D eigenvalue weighted by Gasteiger charge is 2.12. The van der Waals surface area contributed by atoms with Gasteiger partial charge in [-0.1, -0.05) is 5.16 Å². The molecule has 1 aliphatic rings. The number of pyridine rings is 1. The lowest BCUT2D eigenvalue weighted by atomic mass is 10.00. The molecule has 0 amide bonds. The van der Waals surface area contributed by atoms with E-state index in [9.17, 15) is 0 Å². The number of aromatic nitrogens is 3. The monoisotopic (exact) mass is 273 g/mol. The number of aryl methyl sites for hydroxylation is 1. The summed E-state index contributed by atoms with van der Waals surface area (Å²) in [6.45, 7) is 4.99. The van der Waals surface area contributed by atoms with Gasteiger partial charge in [-0.15, -0.1) is 0 Å². The highest BCUT2D eigenvalue weighted by molar-refractivity contribution is 5.53. The summed E-state index contributed by atoms with van der Waals surface area (Å²) in [7, 11) is 0. The molecule has 3 rings (SSSR count). The van der Waals surface area contributed by atoms with Crippen LogP contribution in [-0.2, 0) is 0 Å². The molecule has 0 saturated carbocycles. The molecule has 0 radical (unpaired) electrons. The number of nitrogens with one attached hydrogen (secondary N) is 2. The average Bonchev–Trinajstić information content (AvgIpc) is 2.93. The van der Waals surface area contributed by atoms with Crippen molar-refractivity contribution >= 4 is 5.82 Å². The van der Waals surface area contributed by atoms with Crippen molar-refractivity contribution in [2.75, 3.05) is 25.0 Å². The van der Waals surface area contributed by atoms with Crippen molar-refractivity contribution in [3.05, 3.63) is 24.2 Å². The third-order valence-corrected chi connectivity index (χ3v) is 3.51. The maximum atomic E-state index is 5.12. The molecule has 1 fully saturated rings. The molecule has 0 aliphatic carbocycles. The van der Waals surface area contributed by atoms with Gasteiger partial charge in [-0.05, 0) is 50.9 Å². The van der Waals surface area contributed by atoms with Crippen LogP contribution in [0.5, 0.6) is 0 Å². The Bertz CT molecular complexity index is 545. The first kappa shape index (κ1) is 13.1. The van der Waals surface area contributed by atoms with Gasteiger partial charge >= 0.3 is 0 Å². The summed E-state index contributed by atoms with van der Waals surface area (Å²) in [6, 6.07) is 3.90. The van der Waals surface area contributed by atoms with E-state index in [0.29, 0.717) is 17.6 Å². The van der Waals surface area contributed by atoms with Crippen molar-refractivity contribution in [2.24, 2.45) is 5.92 Å². The Labute approximate surface area is 118 Å². The van der Waals surface area contributed by atoms with Gasteiger partial charge < -0.3 is 15.2 Å². The molecule has 2 aromatic rings. The molecular formula is C14H19N5O. The second kappa shape index (κ2) is 6.00. The molecule has 0 bridgehead atoms. The number of hydrogen-bond donors (Lipinski definition) is 2. The second-order valence-corrected chi connectivity index (χ2v) is 5.17. The molecule has 1 atom stereocenters. The lowest BCUT2D eigenvalue weighted by Gasteiger charge is -2.23. The van der Waals surface area contributed by atoms with E-state index in [4.69, 9.17) is 4.52 Å². The van der Waals surface area contributed by atoms with Gasteiger partial charge in [-0.25, -0.2) is 4.98 Å². The first-order valence-corrected chi connectivity index (χ1v) is 7.02. The summed E-state index contributed by atoms with van der Waals surface area (Å²) >= 11 is 0. The van der Waals surface area contributed by atoms with Crippen LogP contribution in [0.2, 0.25) is 0 Å². The Morgan fingerprint density at radius 2 is 2.40 bits per heavy atom. The quantitative estimate of drug-likeness (QED) is 0.885. The smallest absolute Gasteiger partial charge is 0.259 e. The fourth-order valence-electron chi connectivity index (χ4n) is 2.39. The predicted octanol–water partition coefficient (Wildman–Crippen LogP) is 1.85. The maximum Gasteiger partial charge on any atom is 0.259 e. The molecule has 1 aliphatic heterocycles. The molecule has 3 heterocycles. The molecule has 0 spiro atoms. The zero-order valence-electron chi connectivity index (χ0n) is 11.6. The Morgan fingerprint density at radius 1 is 1.45 bits per heavy atom. The number of anilines is 1. The van der Waals surface area contributed by atoms with Crippen molar-refractivity contribution in [1.82, 2.24) is 20.4 Å². The fraction of sp³-hybridized carbons (Fsp3) is 0.500. The molecule has 1 saturated heterocycles. The lowest BCUT2D eigenvalue weighted by Crippen LogP contribution is -2.33. The van der Waals surface area contributed by atoms with Crippen LogP contribution in [0.15, 0.2) is 22.9 Å². The topological polar surface area (TPSA) is 75.9 Å². The van der Waals surface area contributed by atoms with Crippen LogP contribution in [0.4, 0.5) is 5.82 Å². The summed E-state index contributed by atoms with van der Waals surface area (Å²) in [5, 5.41) is 10.6. The van der Waals surface area contributed by atoms with Gasteiger partial charge in [0, 0.05) is 12.7 Å². The van der Waals surface area contributed by atoms with Crippen LogP contribution in [0.3, 0.4) is 0 Å². The third kappa shape index (κ3) is 3.14. The highest BCUT2D eigenvalue weighted by atomic mass is 16.5. The van der Waals surface area contributed by atoms with Gasteiger partial charge in [0.25, 0.3) is 5.89 Å². The summed E-state index contributed by atoms with van der Waals surface area (Å²) in [5.74, 6) is 2.71. The molecule has 2 aromatic heterocycles. The second-order valence-electron chi connectivity index (χ2n) is 5.17. The molecule has 20 heavy (non-hydrogen) atoms. The van der Waals surface area contributed by atoms with E-state index in [1.807, 2.05) is 12.1 Å². The highest BCUT2D eigenvalue weighted by Crippen LogP contribution is 2.18. The molecule has 106 valence electrons. The van der Waals surface area contributed by atoms with Crippen LogP contribution < -0.4 is 10.6 Å². The Morgan fingerprint density at radius 3 is 3.05 bits per heavy atom. The number of nitrogens with zero attached hydrogens (tertiary/aromatic N) is 3. The Kier molecular flexibility index (Phi) is 3.92. The minimum Gasteiger partial charge on any atom is -0.370 e. The van der Waals surface area contributed by atoms with E-state index in [-0.39, 0.29) is 0 Å². The zero-order valence-corrected chi connectivity index (χ0v) is 11.6. The van der Waals surface area contributed by atoms with Crippen molar-refractivity contribution in [3.63, 3.8) is 0 Å². The summed E-state index contributed by atoms with van der Waals surface area (Å²) < 4.78 is 5.12. The van der Waals surface area contributed by atoms with E-state index in [1.165, 1.54) is 12.8 Å². The van der Waals surface area contributed by atoms with Gasteiger partial charge in [0.05, 0.1) is 5.56 Å². The van der Waals surface area contributed by atoms with E-state index in [0.717, 1.165) is 31.0 Å². The first-order chi connectivity index (χ1) is 9.81. The molecule has 6 nitrogen and oxygen atoms in total. The Balaban J connectivity index is 1.58. The first-order valence-electron chi connectivity index (χ1n) is 7.02. The van der Waals surface area contributed by atoms with E-state index in [2.05, 4.69) is 25.8 Å². The fourth-order valence-corrected chi connectivity index (χ4v) is 2.39. The normalized spacial score (nSPS) is 18.9. The van der Waals surface area contributed by atoms with Crippen molar-refractivity contribution in [3.8, 4) is 11.5 Å². The standard InChI is InChI=1S/C14H19N5O/c1-10-18-14(20-19-10)12-4-5-13(17-9-12)16-8-11-3-2-6-15-7-11/h4-5,9,11,15H,2-3,6-8H2,1H3,(H,16,17). The van der Waals surface area contributed by atoms with Crippen LogP contribution in [-0.4, -0.2) is 34.8 Å². The SMILES string of the molecule is Cc1noc(-c2ccc(NCC3CCCNC3)nc2)n1.